The predicted octanol–water partition coefficient (Wildman–Crippen LogP) is 3.65. The monoisotopic (exact) mass is 430 g/mol. The molecule has 0 saturated heterocycles. The second-order valence-electron chi connectivity index (χ2n) is 8.12. The summed E-state index contributed by atoms with van der Waals surface area (Å²) >= 11 is 0. The van der Waals surface area contributed by atoms with Crippen LogP contribution < -0.4 is 16.4 Å². The molecule has 32 heavy (non-hydrogen) atoms. The highest BCUT2D eigenvalue weighted by Crippen LogP contribution is 2.25. The number of nitrogen functional groups attached to an aromatic ring is 1. The molecule has 1 fully saturated rings. The normalized spacial score (nSPS) is 13.5. The predicted molar refractivity (Wildman–Crippen MR) is 125 cm³/mol. The number of amides is 2. The Morgan fingerprint density at radius 1 is 1.16 bits per heavy atom. The van der Waals surface area contributed by atoms with Crippen LogP contribution in [0.4, 0.5) is 11.5 Å². The van der Waals surface area contributed by atoms with E-state index in [9.17, 15) is 9.59 Å². The first-order valence-electron chi connectivity index (χ1n) is 10.6. The molecule has 4 N–H and O–H groups in total. The number of nitrogens with zero attached hydrogens (tertiary/aromatic N) is 3. The average Bonchev–Trinajstić information content (AvgIpc) is 3.47. The maximum Gasteiger partial charge on any atom is 0.269 e. The van der Waals surface area contributed by atoms with E-state index in [2.05, 4.69) is 20.7 Å². The smallest absolute Gasteiger partial charge is 0.269 e. The summed E-state index contributed by atoms with van der Waals surface area (Å²) in [5.41, 5.74) is 9.14. The van der Waals surface area contributed by atoms with Gasteiger partial charge in [-0.1, -0.05) is 12.1 Å². The van der Waals surface area contributed by atoms with Crippen molar-refractivity contribution in [1.29, 1.82) is 0 Å². The van der Waals surface area contributed by atoms with Crippen molar-refractivity contribution in [2.75, 3.05) is 11.1 Å². The fourth-order valence-corrected chi connectivity index (χ4v) is 3.18. The lowest BCUT2D eigenvalue weighted by Crippen LogP contribution is -2.28. The van der Waals surface area contributed by atoms with Crippen molar-refractivity contribution in [2.45, 2.75) is 38.8 Å². The minimum atomic E-state index is -0.252. The number of nitrogens with two attached hydrogens (primary N) is 1. The molecule has 0 aliphatic heterocycles. The minimum Gasteiger partial charge on any atom is -0.384 e. The Hall–Kier alpha value is -3.94. The minimum absolute atomic E-state index is 0.0605. The van der Waals surface area contributed by atoms with Gasteiger partial charge in [0.05, 0.1) is 5.69 Å². The maximum atomic E-state index is 12.6. The lowest BCUT2D eigenvalue weighted by atomic mass is 10.1. The van der Waals surface area contributed by atoms with Gasteiger partial charge in [-0.15, -0.1) is 0 Å². The van der Waals surface area contributed by atoms with Crippen LogP contribution in [0, 0.1) is 0 Å². The maximum absolute atomic E-state index is 12.6. The zero-order valence-corrected chi connectivity index (χ0v) is 18.1. The summed E-state index contributed by atoms with van der Waals surface area (Å²) in [6.07, 6.45) is 6.78. The molecule has 1 aliphatic carbocycles. The van der Waals surface area contributed by atoms with E-state index >= 15 is 0 Å². The molecule has 0 unspecified atom stereocenters. The largest absolute Gasteiger partial charge is 0.384 e. The zero-order chi connectivity index (χ0) is 22.7. The van der Waals surface area contributed by atoms with Gasteiger partial charge in [0.25, 0.3) is 5.91 Å². The first kappa shape index (κ1) is 21.3. The molecule has 1 aliphatic rings. The Morgan fingerprint density at radius 3 is 2.53 bits per heavy atom. The Balaban J connectivity index is 1.44. The number of aromatic nitrogens is 3. The summed E-state index contributed by atoms with van der Waals surface area (Å²) < 4.78 is 1.75. The quantitative estimate of drug-likeness (QED) is 0.495. The number of carbonyl (C=O) groups excluding carboxylic acids is 2. The topological polar surface area (TPSA) is 115 Å². The molecule has 1 aromatic carbocycles. The second-order valence-corrected chi connectivity index (χ2v) is 8.12. The van der Waals surface area contributed by atoms with Crippen molar-refractivity contribution >= 4 is 29.4 Å². The summed E-state index contributed by atoms with van der Waals surface area (Å²) in [6.45, 7) is 3.99. The van der Waals surface area contributed by atoms with Crippen LogP contribution >= 0.6 is 0 Å². The molecule has 0 atom stereocenters. The molecule has 2 heterocycles. The highest BCUT2D eigenvalue weighted by molar-refractivity contribution is 6.02. The van der Waals surface area contributed by atoms with Gasteiger partial charge >= 0.3 is 0 Å². The summed E-state index contributed by atoms with van der Waals surface area (Å²) in [6, 6.07) is 13.0. The van der Waals surface area contributed by atoms with Crippen molar-refractivity contribution < 1.29 is 9.59 Å². The zero-order valence-electron chi connectivity index (χ0n) is 18.1. The van der Waals surface area contributed by atoms with E-state index in [0.717, 1.165) is 24.0 Å². The third-order valence-corrected chi connectivity index (χ3v) is 5.05. The molecule has 0 spiro atoms. The summed E-state index contributed by atoms with van der Waals surface area (Å²) in [5.74, 6) is 0.0881. The lowest BCUT2D eigenvalue weighted by molar-refractivity contribution is -0.111. The van der Waals surface area contributed by atoms with Crippen LogP contribution in [-0.4, -0.2) is 32.6 Å². The Morgan fingerprint density at radius 2 is 1.91 bits per heavy atom. The summed E-state index contributed by atoms with van der Waals surface area (Å²) in [7, 11) is 0. The van der Waals surface area contributed by atoms with Crippen LogP contribution in [0.25, 0.3) is 17.3 Å². The summed E-state index contributed by atoms with van der Waals surface area (Å²) in [5, 5.41) is 10.5. The van der Waals surface area contributed by atoms with E-state index < -0.39 is 0 Å². The van der Waals surface area contributed by atoms with Crippen molar-refractivity contribution in [3.05, 3.63) is 66.0 Å². The van der Waals surface area contributed by atoms with Crippen LogP contribution in [0.15, 0.2) is 54.7 Å². The molecule has 1 saturated carbocycles. The number of pyridine rings is 1. The van der Waals surface area contributed by atoms with Crippen molar-refractivity contribution in [2.24, 2.45) is 0 Å². The number of rotatable bonds is 7. The SMILES string of the molecule is CC(C)n1nc(-c2ccc(NC(=O)/C=C/c3ccc(N)nc3)cc2)cc1C(=O)NC1CC1. The van der Waals surface area contributed by atoms with Crippen molar-refractivity contribution in [1.82, 2.24) is 20.1 Å². The van der Waals surface area contributed by atoms with Gasteiger partial charge in [-0.2, -0.15) is 5.10 Å². The third-order valence-electron chi connectivity index (χ3n) is 5.05. The molecule has 0 bridgehead atoms. The van der Waals surface area contributed by atoms with E-state index in [1.807, 2.05) is 44.2 Å². The molecule has 3 aromatic rings. The van der Waals surface area contributed by atoms with E-state index in [1.54, 1.807) is 29.1 Å². The van der Waals surface area contributed by atoms with Gasteiger partial charge in [0, 0.05) is 35.6 Å². The highest BCUT2D eigenvalue weighted by Gasteiger charge is 2.26. The number of hydrogen-bond donors (Lipinski definition) is 3. The van der Waals surface area contributed by atoms with E-state index in [1.165, 1.54) is 6.08 Å². The molecular formula is C24H26N6O2. The number of nitrogens with one attached hydrogen (secondary N) is 2. The first-order chi connectivity index (χ1) is 15.4. The van der Waals surface area contributed by atoms with Gasteiger partial charge in [0.15, 0.2) is 0 Å². The van der Waals surface area contributed by atoms with E-state index in [4.69, 9.17) is 5.73 Å². The van der Waals surface area contributed by atoms with Crippen LogP contribution in [0.3, 0.4) is 0 Å². The van der Waals surface area contributed by atoms with Crippen molar-refractivity contribution in [3.8, 4) is 11.3 Å². The number of benzene rings is 1. The third kappa shape index (κ3) is 5.21. The van der Waals surface area contributed by atoms with Crippen LogP contribution in [-0.2, 0) is 4.79 Å². The van der Waals surface area contributed by atoms with E-state index in [0.29, 0.717) is 22.9 Å². The van der Waals surface area contributed by atoms with Gasteiger partial charge in [-0.05, 0) is 68.7 Å². The van der Waals surface area contributed by atoms with Gasteiger partial charge in [-0.3, -0.25) is 14.3 Å². The number of hydrogen-bond acceptors (Lipinski definition) is 5. The molecule has 4 rings (SSSR count). The first-order valence-corrected chi connectivity index (χ1v) is 10.6. The van der Waals surface area contributed by atoms with Gasteiger partial charge in [0.1, 0.15) is 11.5 Å². The fourth-order valence-electron chi connectivity index (χ4n) is 3.18. The standard InChI is InChI=1S/C24H26N6O2/c1-15(2)30-21(24(32)28-19-9-10-19)13-20(29-30)17-5-7-18(8-6-17)27-23(31)12-4-16-3-11-22(25)26-14-16/h3-8,11-15,19H,9-10H2,1-2H3,(H2,25,26)(H,27,31)(H,28,32)/b12-4+. The Kier molecular flexibility index (Phi) is 6.02. The van der Waals surface area contributed by atoms with Crippen molar-refractivity contribution in [3.63, 3.8) is 0 Å². The molecule has 0 radical (unpaired) electrons. The van der Waals surface area contributed by atoms with Crippen LogP contribution in [0.5, 0.6) is 0 Å². The molecule has 2 aromatic heterocycles. The van der Waals surface area contributed by atoms with Gasteiger partial charge < -0.3 is 16.4 Å². The Labute approximate surface area is 186 Å². The van der Waals surface area contributed by atoms with Crippen LogP contribution in [0.1, 0.15) is 48.8 Å². The highest BCUT2D eigenvalue weighted by atomic mass is 16.2. The molecule has 8 heteroatoms. The molecule has 8 nitrogen and oxygen atoms in total. The lowest BCUT2D eigenvalue weighted by Gasteiger charge is -2.10. The average molecular weight is 431 g/mol. The second kappa shape index (κ2) is 9.05. The van der Waals surface area contributed by atoms with Crippen LogP contribution in [0.2, 0.25) is 0 Å². The molecule has 164 valence electrons. The van der Waals surface area contributed by atoms with E-state index in [-0.39, 0.29) is 23.9 Å². The van der Waals surface area contributed by atoms with Gasteiger partial charge in [0.2, 0.25) is 5.91 Å². The fraction of sp³-hybridized carbons (Fsp3) is 0.250. The summed E-state index contributed by atoms with van der Waals surface area (Å²) in [4.78, 5) is 28.8. The Bertz CT molecular complexity index is 1140. The number of anilines is 2. The number of carbonyl (C=O) groups is 2. The molecule has 2 amide bonds. The molecular weight excluding hydrogens is 404 g/mol. The van der Waals surface area contributed by atoms with Gasteiger partial charge in [-0.25, -0.2) is 4.98 Å².